The second-order valence-corrected chi connectivity index (χ2v) is 12.9. The van der Waals surface area contributed by atoms with E-state index in [1.165, 1.54) is 6.20 Å². The van der Waals surface area contributed by atoms with Gasteiger partial charge in [0.1, 0.15) is 29.8 Å². The summed E-state index contributed by atoms with van der Waals surface area (Å²) in [4.78, 5) is 36.6. The number of aryl methyl sites for hydroxylation is 1. The van der Waals surface area contributed by atoms with E-state index in [0.29, 0.717) is 57.6 Å². The fourth-order valence-electron chi connectivity index (χ4n) is 5.32. The van der Waals surface area contributed by atoms with Gasteiger partial charge < -0.3 is 25.0 Å². The molecule has 1 aliphatic heterocycles. The number of anilines is 1. The van der Waals surface area contributed by atoms with Crippen LogP contribution in [-0.4, -0.2) is 69.0 Å². The van der Waals surface area contributed by atoms with Crippen LogP contribution in [0.15, 0.2) is 49.1 Å². The molecule has 46 heavy (non-hydrogen) atoms. The minimum absolute atomic E-state index is 0.170. The molecule has 1 saturated heterocycles. The molecule has 4 aromatic rings. The molecule has 1 aromatic carbocycles. The van der Waals surface area contributed by atoms with Crippen LogP contribution in [0, 0.1) is 18.3 Å². The number of pyridine rings is 1. The van der Waals surface area contributed by atoms with Gasteiger partial charge in [-0.2, -0.15) is 10.4 Å². The lowest BCUT2D eigenvalue weighted by molar-refractivity contribution is 0.0520. The van der Waals surface area contributed by atoms with Crippen molar-refractivity contribution in [1.82, 2.24) is 30.2 Å². The lowest BCUT2D eigenvalue weighted by Crippen LogP contribution is -2.53. The number of fused-ring (bicyclic) bond motifs is 1. The van der Waals surface area contributed by atoms with Gasteiger partial charge in [-0.15, -0.1) is 0 Å². The Hall–Kier alpha value is -4.89. The summed E-state index contributed by atoms with van der Waals surface area (Å²) in [5, 5.41) is 20.3. The minimum atomic E-state index is -0.594. The number of nitrogens with zero attached hydrogens (tertiary/aromatic N) is 6. The lowest BCUT2D eigenvalue weighted by Gasteiger charge is -2.40. The molecule has 1 fully saturated rings. The third-order valence-electron chi connectivity index (χ3n) is 7.72. The van der Waals surface area contributed by atoms with Crippen molar-refractivity contribution in [1.29, 1.82) is 5.26 Å². The Labute approximate surface area is 272 Å². The fraction of sp³-hybridized carbons (Fsp3) is 0.394. The number of nitriles is 1. The monoisotopic (exact) mass is 644 g/mol. The quantitative estimate of drug-likeness (QED) is 0.243. The van der Waals surface area contributed by atoms with Crippen LogP contribution in [0.3, 0.4) is 0 Å². The summed E-state index contributed by atoms with van der Waals surface area (Å²) in [5.41, 5.74) is 2.52. The van der Waals surface area contributed by atoms with Gasteiger partial charge in [-0.3, -0.25) is 9.78 Å². The largest absolute Gasteiger partial charge is 0.490 e. The van der Waals surface area contributed by atoms with Crippen molar-refractivity contribution in [2.45, 2.75) is 58.6 Å². The molecule has 5 rings (SSSR count). The maximum atomic E-state index is 13.1. The van der Waals surface area contributed by atoms with Gasteiger partial charge in [0.05, 0.1) is 58.7 Å². The maximum absolute atomic E-state index is 13.1. The highest BCUT2D eigenvalue weighted by Gasteiger charge is 2.33. The number of rotatable bonds is 8. The summed E-state index contributed by atoms with van der Waals surface area (Å²) in [5.74, 6) is 1.03. The molecule has 4 heterocycles. The van der Waals surface area contributed by atoms with E-state index in [1.54, 1.807) is 56.0 Å². The van der Waals surface area contributed by atoms with E-state index in [4.69, 9.17) is 31.0 Å². The van der Waals surface area contributed by atoms with Crippen molar-refractivity contribution in [3.05, 3.63) is 70.8 Å². The van der Waals surface area contributed by atoms with E-state index >= 15 is 0 Å². The topological polar surface area (TPSA) is 147 Å². The number of ether oxygens (including phenoxy) is 2. The Morgan fingerprint density at radius 3 is 2.57 bits per heavy atom. The summed E-state index contributed by atoms with van der Waals surface area (Å²) in [6, 6.07) is 9.41. The molecule has 12 nitrogen and oxygen atoms in total. The van der Waals surface area contributed by atoms with Crippen molar-refractivity contribution in [2.24, 2.45) is 0 Å². The summed E-state index contributed by atoms with van der Waals surface area (Å²) < 4.78 is 12.7. The van der Waals surface area contributed by atoms with Gasteiger partial charge in [0.15, 0.2) is 0 Å². The zero-order valence-electron chi connectivity index (χ0n) is 26.6. The fourth-order valence-corrected chi connectivity index (χ4v) is 5.63. The zero-order chi connectivity index (χ0) is 33.1. The SMILES string of the molecule is Cc1cccc(Cl)c1C(=O)NC1(C)CCN(c2cnc(-c3cc(OCCNC(=O)OC(C)(C)C)cn4ncc(C#N)c34)cn2)CC1. The smallest absolute Gasteiger partial charge is 0.407 e. The number of benzene rings is 1. The number of carbonyl (C=O) groups is 2. The van der Waals surface area contributed by atoms with E-state index in [1.807, 2.05) is 19.1 Å². The van der Waals surface area contributed by atoms with Crippen molar-refractivity contribution < 1.29 is 19.1 Å². The average molecular weight is 645 g/mol. The van der Waals surface area contributed by atoms with Crippen molar-refractivity contribution >= 4 is 34.9 Å². The molecule has 240 valence electrons. The molecule has 0 atom stereocenters. The van der Waals surface area contributed by atoms with Crippen LogP contribution in [0.25, 0.3) is 16.8 Å². The molecular formula is C33H37ClN8O4. The Morgan fingerprint density at radius 1 is 1.15 bits per heavy atom. The van der Waals surface area contributed by atoms with Crippen LogP contribution < -0.4 is 20.3 Å². The van der Waals surface area contributed by atoms with E-state index in [9.17, 15) is 14.9 Å². The van der Waals surface area contributed by atoms with Gasteiger partial charge in [0.25, 0.3) is 5.91 Å². The first-order valence-corrected chi connectivity index (χ1v) is 15.4. The summed E-state index contributed by atoms with van der Waals surface area (Å²) in [6.07, 6.45) is 7.45. The Bertz CT molecular complexity index is 1760. The number of carbonyl (C=O) groups excluding carboxylic acids is 2. The van der Waals surface area contributed by atoms with Gasteiger partial charge in [-0.25, -0.2) is 14.3 Å². The molecule has 3 aromatic heterocycles. The highest BCUT2D eigenvalue weighted by atomic mass is 35.5. The summed E-state index contributed by atoms with van der Waals surface area (Å²) in [6.45, 7) is 11.1. The highest BCUT2D eigenvalue weighted by molar-refractivity contribution is 6.34. The van der Waals surface area contributed by atoms with Gasteiger partial charge in [0.2, 0.25) is 0 Å². The number of halogens is 1. The Balaban J connectivity index is 1.26. The van der Waals surface area contributed by atoms with Crippen molar-refractivity contribution in [3.8, 4) is 23.1 Å². The van der Waals surface area contributed by atoms with Crippen molar-refractivity contribution in [2.75, 3.05) is 31.1 Å². The molecule has 2 N–H and O–H groups in total. The second kappa shape index (κ2) is 13.2. The zero-order valence-corrected chi connectivity index (χ0v) is 27.3. The first-order chi connectivity index (χ1) is 21.9. The third-order valence-corrected chi connectivity index (χ3v) is 8.03. The van der Waals surface area contributed by atoms with E-state index in [0.717, 1.165) is 18.4 Å². The maximum Gasteiger partial charge on any atom is 0.407 e. The highest BCUT2D eigenvalue weighted by Crippen LogP contribution is 2.31. The minimum Gasteiger partial charge on any atom is -0.490 e. The Kier molecular flexibility index (Phi) is 9.34. The first kappa shape index (κ1) is 32.5. The molecule has 0 radical (unpaired) electrons. The van der Waals surface area contributed by atoms with Crippen LogP contribution in [0.2, 0.25) is 5.02 Å². The standard InChI is InChI=1S/C33H37ClN8O4/c1-21-7-6-8-25(34)28(21)30(43)40-33(5)9-12-41(13-10-33)27-19-37-26(18-38-27)24-15-23(20-42-29(24)22(16-35)17-39-42)45-14-11-36-31(44)46-32(2,3)4/h6-8,15,17-20H,9-14H2,1-5H3,(H,36,44)(H,40,43). The van der Waals surface area contributed by atoms with Gasteiger partial charge in [0, 0.05) is 24.2 Å². The van der Waals surface area contributed by atoms with E-state index in [2.05, 4.69) is 33.6 Å². The van der Waals surface area contributed by atoms with E-state index < -0.39 is 17.2 Å². The molecule has 1 aliphatic rings. The number of aromatic nitrogens is 4. The van der Waals surface area contributed by atoms with Crippen LogP contribution >= 0.6 is 11.6 Å². The average Bonchev–Trinajstić information content (AvgIpc) is 3.41. The number of hydrogen-bond donors (Lipinski definition) is 2. The lowest BCUT2D eigenvalue weighted by atomic mass is 9.89. The number of alkyl carbamates (subject to hydrolysis) is 1. The van der Waals surface area contributed by atoms with Crippen LogP contribution in [-0.2, 0) is 4.74 Å². The second-order valence-electron chi connectivity index (χ2n) is 12.5. The normalized spacial score (nSPS) is 14.4. The molecule has 0 bridgehead atoms. The molecule has 0 unspecified atom stereocenters. The summed E-state index contributed by atoms with van der Waals surface area (Å²) in [7, 11) is 0. The third kappa shape index (κ3) is 7.49. The van der Waals surface area contributed by atoms with E-state index in [-0.39, 0.29) is 19.1 Å². The molecule has 2 amide bonds. The van der Waals surface area contributed by atoms with Crippen LogP contribution in [0.5, 0.6) is 5.75 Å². The van der Waals surface area contributed by atoms with Crippen LogP contribution in [0.1, 0.15) is 62.0 Å². The number of nitrogens with one attached hydrogen (secondary N) is 2. The molecule has 0 spiro atoms. The predicted molar refractivity (Wildman–Crippen MR) is 174 cm³/mol. The molecule has 0 aliphatic carbocycles. The predicted octanol–water partition coefficient (Wildman–Crippen LogP) is 5.32. The first-order valence-electron chi connectivity index (χ1n) is 15.0. The molecule has 0 saturated carbocycles. The van der Waals surface area contributed by atoms with Gasteiger partial charge in [-0.1, -0.05) is 23.7 Å². The van der Waals surface area contributed by atoms with Gasteiger partial charge >= 0.3 is 6.09 Å². The number of amides is 2. The molecule has 13 heteroatoms. The van der Waals surface area contributed by atoms with Crippen molar-refractivity contribution in [3.63, 3.8) is 0 Å². The van der Waals surface area contributed by atoms with Crippen LogP contribution in [0.4, 0.5) is 10.6 Å². The number of hydrogen-bond acceptors (Lipinski definition) is 9. The summed E-state index contributed by atoms with van der Waals surface area (Å²) >= 11 is 6.33. The number of piperidine rings is 1. The molecular weight excluding hydrogens is 608 g/mol. The Morgan fingerprint density at radius 2 is 1.91 bits per heavy atom. The van der Waals surface area contributed by atoms with Gasteiger partial charge in [-0.05, 0) is 65.2 Å².